The molecule has 1 aromatic rings. The molecule has 0 saturated heterocycles. The van der Waals surface area contributed by atoms with Crippen molar-refractivity contribution >= 4 is 11.9 Å². The van der Waals surface area contributed by atoms with Crippen LogP contribution in [0.15, 0.2) is 10.6 Å². The standard InChI is InChI=1S/C13H18N2O4/c1-13(2,3)9-6-8(15-19-9)11(16)14-10(12(17)18)7-4-5-7/h6-7,10H,4-5H2,1-3H3,(H,14,16)(H,17,18). The van der Waals surface area contributed by atoms with Gasteiger partial charge in [-0.3, -0.25) is 4.79 Å². The van der Waals surface area contributed by atoms with Gasteiger partial charge >= 0.3 is 5.97 Å². The number of hydrogen-bond donors (Lipinski definition) is 2. The van der Waals surface area contributed by atoms with Crippen LogP contribution in [0.2, 0.25) is 0 Å². The highest BCUT2D eigenvalue weighted by Gasteiger charge is 2.38. The molecule has 1 fully saturated rings. The molecule has 104 valence electrons. The van der Waals surface area contributed by atoms with Crippen molar-refractivity contribution < 1.29 is 19.2 Å². The van der Waals surface area contributed by atoms with Crippen LogP contribution >= 0.6 is 0 Å². The van der Waals surface area contributed by atoms with E-state index in [4.69, 9.17) is 9.63 Å². The van der Waals surface area contributed by atoms with Gasteiger partial charge in [0.25, 0.3) is 5.91 Å². The average molecular weight is 266 g/mol. The molecule has 0 aliphatic heterocycles. The van der Waals surface area contributed by atoms with E-state index in [1.54, 1.807) is 6.07 Å². The van der Waals surface area contributed by atoms with Gasteiger partial charge in [0.2, 0.25) is 0 Å². The first-order valence-corrected chi connectivity index (χ1v) is 6.30. The summed E-state index contributed by atoms with van der Waals surface area (Å²) in [6.45, 7) is 5.83. The van der Waals surface area contributed by atoms with E-state index in [-0.39, 0.29) is 17.0 Å². The summed E-state index contributed by atoms with van der Waals surface area (Å²) >= 11 is 0. The van der Waals surface area contributed by atoms with Gasteiger partial charge < -0.3 is 14.9 Å². The first-order chi connectivity index (χ1) is 8.79. The first kappa shape index (κ1) is 13.6. The second-order valence-electron chi connectivity index (χ2n) is 5.95. The summed E-state index contributed by atoms with van der Waals surface area (Å²) < 4.78 is 5.11. The number of hydrogen-bond acceptors (Lipinski definition) is 4. The van der Waals surface area contributed by atoms with Crippen molar-refractivity contribution in [2.45, 2.75) is 45.1 Å². The number of carboxylic acids is 1. The van der Waals surface area contributed by atoms with Crippen LogP contribution in [-0.4, -0.2) is 28.2 Å². The summed E-state index contributed by atoms with van der Waals surface area (Å²) in [5, 5.41) is 15.2. The molecule has 1 heterocycles. The van der Waals surface area contributed by atoms with Crippen molar-refractivity contribution in [3.8, 4) is 0 Å². The third kappa shape index (κ3) is 3.13. The molecule has 0 radical (unpaired) electrons. The van der Waals surface area contributed by atoms with Crippen LogP contribution in [0.25, 0.3) is 0 Å². The normalized spacial score (nSPS) is 17.0. The van der Waals surface area contributed by atoms with Crippen molar-refractivity contribution in [1.29, 1.82) is 0 Å². The summed E-state index contributed by atoms with van der Waals surface area (Å²) in [4.78, 5) is 23.0. The van der Waals surface area contributed by atoms with Crippen LogP contribution < -0.4 is 5.32 Å². The van der Waals surface area contributed by atoms with Crippen molar-refractivity contribution in [3.05, 3.63) is 17.5 Å². The van der Waals surface area contributed by atoms with Gasteiger partial charge in [0, 0.05) is 11.5 Å². The molecular formula is C13H18N2O4. The molecule has 0 aromatic carbocycles. The topological polar surface area (TPSA) is 92.4 Å². The van der Waals surface area contributed by atoms with E-state index in [2.05, 4.69) is 10.5 Å². The Balaban J connectivity index is 2.07. The monoisotopic (exact) mass is 266 g/mol. The maximum Gasteiger partial charge on any atom is 0.326 e. The Morgan fingerprint density at radius 1 is 1.47 bits per heavy atom. The second-order valence-corrected chi connectivity index (χ2v) is 5.95. The fourth-order valence-corrected chi connectivity index (χ4v) is 1.76. The minimum Gasteiger partial charge on any atom is -0.480 e. The van der Waals surface area contributed by atoms with Crippen molar-refractivity contribution in [1.82, 2.24) is 10.5 Å². The lowest BCUT2D eigenvalue weighted by Gasteiger charge is -2.12. The molecule has 6 nitrogen and oxygen atoms in total. The molecular weight excluding hydrogens is 248 g/mol. The molecule has 1 unspecified atom stereocenters. The summed E-state index contributed by atoms with van der Waals surface area (Å²) in [6, 6.07) is 0.725. The van der Waals surface area contributed by atoms with E-state index in [1.165, 1.54) is 0 Å². The number of rotatable bonds is 4. The van der Waals surface area contributed by atoms with E-state index < -0.39 is 17.9 Å². The van der Waals surface area contributed by atoms with Crippen LogP contribution in [0, 0.1) is 5.92 Å². The zero-order valence-electron chi connectivity index (χ0n) is 11.3. The highest BCUT2D eigenvalue weighted by molar-refractivity contribution is 5.95. The molecule has 0 bridgehead atoms. The van der Waals surface area contributed by atoms with Gasteiger partial charge in [-0.05, 0) is 18.8 Å². The van der Waals surface area contributed by atoms with E-state index in [0.29, 0.717) is 5.76 Å². The minimum absolute atomic E-state index is 0.0374. The molecule has 1 aliphatic carbocycles. The smallest absolute Gasteiger partial charge is 0.326 e. The Morgan fingerprint density at radius 2 is 2.11 bits per heavy atom. The third-order valence-electron chi connectivity index (χ3n) is 3.13. The van der Waals surface area contributed by atoms with Crippen LogP contribution in [0.5, 0.6) is 0 Å². The molecule has 1 aliphatic rings. The Hall–Kier alpha value is -1.85. The molecule has 1 saturated carbocycles. The molecule has 2 rings (SSSR count). The number of nitrogens with one attached hydrogen (secondary N) is 1. The zero-order chi connectivity index (χ0) is 14.2. The maximum atomic E-state index is 11.9. The zero-order valence-corrected chi connectivity index (χ0v) is 11.3. The van der Waals surface area contributed by atoms with Gasteiger partial charge in [-0.15, -0.1) is 0 Å². The first-order valence-electron chi connectivity index (χ1n) is 6.30. The van der Waals surface area contributed by atoms with Crippen LogP contribution in [0.4, 0.5) is 0 Å². The third-order valence-corrected chi connectivity index (χ3v) is 3.13. The van der Waals surface area contributed by atoms with E-state index in [0.717, 1.165) is 12.8 Å². The minimum atomic E-state index is -1.00. The Kier molecular flexibility index (Phi) is 3.34. The average Bonchev–Trinajstić information content (AvgIpc) is 2.98. The molecule has 6 heteroatoms. The summed E-state index contributed by atoms with van der Waals surface area (Å²) in [5.41, 5.74) is -0.120. The fraction of sp³-hybridized carbons (Fsp3) is 0.615. The summed E-state index contributed by atoms with van der Waals surface area (Å²) in [5.74, 6) is -0.875. The van der Waals surface area contributed by atoms with E-state index in [1.807, 2.05) is 20.8 Å². The number of amides is 1. The van der Waals surface area contributed by atoms with Gasteiger partial charge in [0.15, 0.2) is 5.69 Å². The molecule has 0 spiro atoms. The molecule has 1 atom stereocenters. The highest BCUT2D eigenvalue weighted by Crippen LogP contribution is 2.33. The molecule has 19 heavy (non-hydrogen) atoms. The number of carbonyl (C=O) groups excluding carboxylic acids is 1. The van der Waals surface area contributed by atoms with Crippen LogP contribution in [-0.2, 0) is 10.2 Å². The van der Waals surface area contributed by atoms with E-state index >= 15 is 0 Å². The number of aliphatic carboxylic acids is 1. The molecule has 2 N–H and O–H groups in total. The summed E-state index contributed by atoms with van der Waals surface area (Å²) in [6.07, 6.45) is 1.67. The van der Waals surface area contributed by atoms with Gasteiger partial charge in [-0.2, -0.15) is 0 Å². The van der Waals surface area contributed by atoms with Gasteiger partial charge in [-0.1, -0.05) is 25.9 Å². The van der Waals surface area contributed by atoms with Crippen molar-refractivity contribution in [2.75, 3.05) is 0 Å². The Bertz CT molecular complexity index is 497. The van der Waals surface area contributed by atoms with Crippen molar-refractivity contribution in [2.24, 2.45) is 5.92 Å². The van der Waals surface area contributed by atoms with Crippen molar-refractivity contribution in [3.63, 3.8) is 0 Å². The largest absolute Gasteiger partial charge is 0.480 e. The number of carbonyl (C=O) groups is 2. The maximum absolute atomic E-state index is 11.9. The van der Waals surface area contributed by atoms with E-state index in [9.17, 15) is 9.59 Å². The van der Waals surface area contributed by atoms with Gasteiger partial charge in [-0.25, -0.2) is 4.79 Å². The van der Waals surface area contributed by atoms with Gasteiger partial charge in [0.05, 0.1) is 0 Å². The lowest BCUT2D eigenvalue weighted by Crippen LogP contribution is -2.42. The lowest BCUT2D eigenvalue weighted by molar-refractivity contribution is -0.139. The Labute approximate surface area is 111 Å². The summed E-state index contributed by atoms with van der Waals surface area (Å²) in [7, 11) is 0. The van der Waals surface area contributed by atoms with Gasteiger partial charge in [0.1, 0.15) is 11.8 Å². The number of nitrogens with zero attached hydrogens (tertiary/aromatic N) is 1. The second kappa shape index (κ2) is 4.68. The number of carboxylic acid groups (broad SMARTS) is 1. The lowest BCUT2D eigenvalue weighted by atomic mass is 9.93. The highest BCUT2D eigenvalue weighted by atomic mass is 16.5. The predicted molar refractivity (Wildman–Crippen MR) is 66.8 cm³/mol. The van der Waals surface area contributed by atoms with Crippen LogP contribution in [0.3, 0.4) is 0 Å². The van der Waals surface area contributed by atoms with Crippen LogP contribution in [0.1, 0.15) is 49.9 Å². The SMILES string of the molecule is CC(C)(C)c1cc(C(=O)NC(C(=O)O)C2CC2)no1. The number of aromatic nitrogens is 1. The quantitative estimate of drug-likeness (QED) is 0.862. The molecule has 1 amide bonds. The predicted octanol–water partition coefficient (Wildman–Crippen LogP) is 1.57. The fourth-order valence-electron chi connectivity index (χ4n) is 1.76. The molecule has 1 aromatic heterocycles. The Morgan fingerprint density at radius 3 is 2.53 bits per heavy atom.